The van der Waals surface area contributed by atoms with E-state index in [9.17, 15) is 14.7 Å². The standard InChI is InChI=1S/C25H32N2O4/c1-4-5-15-25(3)23(29)27(24(30)26-25)16-21(28)17-31-22(19-9-7-6-8-10-19)20-13-11-18(2)12-14-20/h6-14,21-22,28H,4-5,15-17H2,1-3H3,(H,26,30)/t21-,22-,25-/m0/s1. The largest absolute Gasteiger partial charge is 0.389 e. The van der Waals surface area contributed by atoms with Crippen molar-refractivity contribution in [3.63, 3.8) is 0 Å². The number of unbranched alkanes of at least 4 members (excludes halogenated alkanes) is 1. The van der Waals surface area contributed by atoms with Gasteiger partial charge in [0.05, 0.1) is 19.3 Å². The zero-order valence-electron chi connectivity index (χ0n) is 18.5. The maximum Gasteiger partial charge on any atom is 0.325 e. The van der Waals surface area contributed by atoms with Gasteiger partial charge in [-0.15, -0.1) is 0 Å². The van der Waals surface area contributed by atoms with Gasteiger partial charge in [0.25, 0.3) is 5.91 Å². The first-order valence-corrected chi connectivity index (χ1v) is 10.9. The third kappa shape index (κ3) is 5.51. The molecule has 2 N–H and O–H groups in total. The van der Waals surface area contributed by atoms with Crippen LogP contribution in [0.1, 0.15) is 55.9 Å². The van der Waals surface area contributed by atoms with Crippen LogP contribution in [0.25, 0.3) is 0 Å². The minimum atomic E-state index is -0.986. The molecule has 1 aliphatic rings. The Hall–Kier alpha value is -2.70. The number of ether oxygens (including phenoxy) is 1. The van der Waals surface area contributed by atoms with Gasteiger partial charge in [-0.25, -0.2) is 4.79 Å². The number of carbonyl (C=O) groups excluding carboxylic acids is 2. The molecule has 2 aromatic rings. The van der Waals surface area contributed by atoms with E-state index in [0.29, 0.717) is 6.42 Å². The molecule has 0 unspecified atom stereocenters. The van der Waals surface area contributed by atoms with Crippen LogP contribution in [0.5, 0.6) is 0 Å². The predicted octanol–water partition coefficient (Wildman–Crippen LogP) is 3.96. The Morgan fingerprint density at radius 2 is 1.71 bits per heavy atom. The molecule has 31 heavy (non-hydrogen) atoms. The van der Waals surface area contributed by atoms with E-state index >= 15 is 0 Å². The van der Waals surface area contributed by atoms with Gasteiger partial charge in [0.15, 0.2) is 0 Å². The van der Waals surface area contributed by atoms with Gasteiger partial charge in [-0.1, -0.05) is 79.9 Å². The molecule has 6 heteroatoms. The van der Waals surface area contributed by atoms with Gasteiger partial charge >= 0.3 is 6.03 Å². The van der Waals surface area contributed by atoms with Crippen LogP contribution in [0.15, 0.2) is 54.6 Å². The molecule has 0 radical (unpaired) electrons. The van der Waals surface area contributed by atoms with E-state index in [0.717, 1.165) is 34.4 Å². The second-order valence-electron chi connectivity index (χ2n) is 8.47. The van der Waals surface area contributed by atoms with E-state index in [1.807, 2.05) is 68.4 Å². The van der Waals surface area contributed by atoms with Gasteiger partial charge in [-0.2, -0.15) is 0 Å². The van der Waals surface area contributed by atoms with E-state index in [2.05, 4.69) is 5.32 Å². The summed E-state index contributed by atoms with van der Waals surface area (Å²) in [7, 11) is 0. The molecule has 0 spiro atoms. The fourth-order valence-corrected chi connectivity index (χ4v) is 3.84. The van der Waals surface area contributed by atoms with Gasteiger partial charge in [-0.3, -0.25) is 9.69 Å². The molecular weight excluding hydrogens is 392 g/mol. The van der Waals surface area contributed by atoms with Gasteiger partial charge in [0.2, 0.25) is 0 Å². The first kappa shape index (κ1) is 23.0. The van der Waals surface area contributed by atoms with Crippen LogP contribution in [-0.2, 0) is 9.53 Å². The monoisotopic (exact) mass is 424 g/mol. The van der Waals surface area contributed by atoms with Gasteiger partial charge in [-0.05, 0) is 31.4 Å². The van der Waals surface area contributed by atoms with Crippen LogP contribution < -0.4 is 5.32 Å². The van der Waals surface area contributed by atoms with Gasteiger partial charge in [0.1, 0.15) is 11.6 Å². The number of amides is 3. The average Bonchev–Trinajstić information content (AvgIpc) is 2.97. The molecule has 1 saturated heterocycles. The molecule has 3 rings (SSSR count). The number of β-amino-alcohol motifs (C(OH)–C–C–N with tert-alkyl or cyclic N) is 1. The lowest BCUT2D eigenvalue weighted by atomic mass is 9.95. The summed E-state index contributed by atoms with van der Waals surface area (Å²) in [5.74, 6) is -0.289. The summed E-state index contributed by atoms with van der Waals surface area (Å²) in [6, 6.07) is 17.4. The second kappa shape index (κ2) is 10.1. The summed E-state index contributed by atoms with van der Waals surface area (Å²) in [4.78, 5) is 26.2. The van der Waals surface area contributed by atoms with E-state index in [1.165, 1.54) is 0 Å². The molecule has 3 amide bonds. The minimum absolute atomic E-state index is 0.00380. The number of rotatable bonds is 10. The first-order chi connectivity index (χ1) is 14.8. The number of aliphatic hydroxyl groups excluding tert-OH is 1. The molecule has 0 saturated carbocycles. The van der Waals surface area contributed by atoms with E-state index in [4.69, 9.17) is 4.74 Å². The van der Waals surface area contributed by atoms with Crippen LogP contribution in [-0.4, -0.2) is 46.7 Å². The Bertz CT molecular complexity index is 884. The van der Waals surface area contributed by atoms with Crippen molar-refractivity contribution in [2.24, 2.45) is 0 Å². The topological polar surface area (TPSA) is 78.9 Å². The molecule has 3 atom stereocenters. The van der Waals surface area contributed by atoms with Crippen molar-refractivity contribution in [1.82, 2.24) is 10.2 Å². The average molecular weight is 425 g/mol. The Labute approximate surface area is 184 Å². The fourth-order valence-electron chi connectivity index (χ4n) is 3.84. The maximum atomic E-state index is 12.8. The van der Waals surface area contributed by atoms with Crippen LogP contribution in [0.4, 0.5) is 4.79 Å². The smallest absolute Gasteiger partial charge is 0.325 e. The number of benzene rings is 2. The number of nitrogens with one attached hydrogen (secondary N) is 1. The summed E-state index contributed by atoms with van der Waals surface area (Å²) in [6.07, 6.45) is 1.03. The van der Waals surface area contributed by atoms with Crippen LogP contribution in [0, 0.1) is 6.92 Å². The van der Waals surface area contributed by atoms with Crippen molar-refractivity contribution < 1.29 is 19.4 Å². The summed E-state index contributed by atoms with van der Waals surface area (Å²) in [5.41, 5.74) is 2.20. The van der Waals surface area contributed by atoms with Crippen molar-refractivity contribution in [3.8, 4) is 0 Å². The van der Waals surface area contributed by atoms with Crippen LogP contribution in [0.3, 0.4) is 0 Å². The zero-order valence-corrected chi connectivity index (χ0v) is 18.5. The molecule has 0 bridgehead atoms. The number of aryl methyl sites for hydroxylation is 1. The summed E-state index contributed by atoms with van der Waals surface area (Å²) >= 11 is 0. The highest BCUT2D eigenvalue weighted by Crippen LogP contribution is 2.27. The molecule has 2 aromatic carbocycles. The van der Waals surface area contributed by atoms with Crippen molar-refractivity contribution in [1.29, 1.82) is 0 Å². The molecule has 6 nitrogen and oxygen atoms in total. The SMILES string of the molecule is CCCC[C@]1(C)NC(=O)N(C[C@H](O)CO[C@@H](c2ccccc2)c2ccc(C)cc2)C1=O. The summed E-state index contributed by atoms with van der Waals surface area (Å²) in [5, 5.41) is 13.4. The second-order valence-corrected chi connectivity index (χ2v) is 8.47. The number of hydrogen-bond acceptors (Lipinski definition) is 4. The Morgan fingerprint density at radius 1 is 1.06 bits per heavy atom. The number of hydrogen-bond donors (Lipinski definition) is 2. The molecule has 166 valence electrons. The molecule has 0 aliphatic carbocycles. The number of aliphatic hydroxyl groups is 1. The lowest BCUT2D eigenvalue weighted by Crippen LogP contribution is -2.44. The molecule has 1 aliphatic heterocycles. The minimum Gasteiger partial charge on any atom is -0.389 e. The highest BCUT2D eigenvalue weighted by Gasteiger charge is 2.47. The van der Waals surface area contributed by atoms with E-state index < -0.39 is 17.7 Å². The van der Waals surface area contributed by atoms with E-state index in [-0.39, 0.29) is 25.2 Å². The molecule has 0 aromatic heterocycles. The third-order valence-electron chi connectivity index (χ3n) is 5.71. The number of nitrogens with zero attached hydrogens (tertiary/aromatic N) is 1. The van der Waals surface area contributed by atoms with Gasteiger partial charge < -0.3 is 15.2 Å². The normalized spacial score (nSPS) is 20.6. The number of imide groups is 1. The summed E-state index contributed by atoms with van der Waals surface area (Å²) in [6.45, 7) is 5.71. The fraction of sp³-hybridized carbons (Fsp3) is 0.440. The highest BCUT2D eigenvalue weighted by molar-refractivity contribution is 6.06. The van der Waals surface area contributed by atoms with Crippen molar-refractivity contribution in [3.05, 3.63) is 71.3 Å². The Morgan fingerprint density at radius 3 is 2.35 bits per heavy atom. The predicted molar refractivity (Wildman–Crippen MR) is 120 cm³/mol. The van der Waals surface area contributed by atoms with Crippen LogP contribution in [0.2, 0.25) is 0 Å². The van der Waals surface area contributed by atoms with Crippen molar-refractivity contribution >= 4 is 11.9 Å². The van der Waals surface area contributed by atoms with Crippen LogP contribution >= 0.6 is 0 Å². The molecular formula is C25H32N2O4. The number of carbonyl (C=O) groups is 2. The highest BCUT2D eigenvalue weighted by atomic mass is 16.5. The molecule has 1 fully saturated rings. The lowest BCUT2D eigenvalue weighted by Gasteiger charge is -2.24. The Balaban J connectivity index is 1.66. The first-order valence-electron chi connectivity index (χ1n) is 10.9. The summed E-state index contributed by atoms with van der Waals surface area (Å²) < 4.78 is 6.09. The maximum absolute atomic E-state index is 12.8. The molecule has 1 heterocycles. The lowest BCUT2D eigenvalue weighted by molar-refractivity contribution is -0.132. The number of urea groups is 1. The zero-order chi connectivity index (χ0) is 22.4. The van der Waals surface area contributed by atoms with Crippen molar-refractivity contribution in [2.45, 2.75) is 57.8 Å². The quantitative estimate of drug-likeness (QED) is 0.566. The third-order valence-corrected chi connectivity index (χ3v) is 5.71. The van der Waals surface area contributed by atoms with E-state index in [1.54, 1.807) is 6.92 Å². The van der Waals surface area contributed by atoms with Gasteiger partial charge in [0, 0.05) is 0 Å². The Kier molecular flexibility index (Phi) is 7.46. The van der Waals surface area contributed by atoms with Crippen molar-refractivity contribution in [2.75, 3.05) is 13.2 Å².